The second kappa shape index (κ2) is 20.7. The Kier molecular flexibility index (Phi) is 20.7. The van der Waals surface area contributed by atoms with Gasteiger partial charge in [-0.1, -0.05) is 44.9 Å². The van der Waals surface area contributed by atoms with Crippen LogP contribution in [-0.4, -0.2) is 70.3 Å². The van der Waals surface area contributed by atoms with Crippen LogP contribution < -0.4 is 0 Å². The van der Waals surface area contributed by atoms with Crippen LogP contribution in [0.2, 0.25) is 6.04 Å². The number of unbranched alkanes of at least 4 members (excludes halogenated alkanes) is 8. The van der Waals surface area contributed by atoms with E-state index >= 15 is 0 Å². The average molecular weight is 409 g/mol. The molecule has 0 amide bonds. The zero-order valence-electron chi connectivity index (χ0n) is 18.3. The smallest absolute Gasteiger partial charge is 0.382 e. The van der Waals surface area contributed by atoms with Gasteiger partial charge in [-0.25, -0.2) is 0 Å². The molecule has 0 heterocycles. The van der Waals surface area contributed by atoms with E-state index < -0.39 is 8.80 Å². The maximum atomic E-state index is 5.63. The van der Waals surface area contributed by atoms with Crippen molar-refractivity contribution >= 4 is 8.80 Å². The van der Waals surface area contributed by atoms with Crippen LogP contribution in [0.1, 0.15) is 64.2 Å². The summed E-state index contributed by atoms with van der Waals surface area (Å²) in [6.07, 6.45) is 12.4. The van der Waals surface area contributed by atoms with Gasteiger partial charge < -0.3 is 27.5 Å². The highest BCUT2D eigenvalue weighted by Crippen LogP contribution is 2.18. The summed E-state index contributed by atoms with van der Waals surface area (Å²) in [6.45, 7) is 3.77. The molecule has 0 unspecified atom stereocenters. The minimum absolute atomic E-state index is 0.665. The maximum Gasteiger partial charge on any atom is 0.500 e. The zero-order valence-corrected chi connectivity index (χ0v) is 19.3. The van der Waals surface area contributed by atoms with E-state index in [-0.39, 0.29) is 0 Å². The SMILES string of the molecule is COCCOCCCOCCCCCCCCCCC[Si](OC)(OC)OC. The van der Waals surface area contributed by atoms with Gasteiger partial charge in [0, 0.05) is 54.3 Å². The third-order valence-corrected chi connectivity index (χ3v) is 7.55. The Hall–Kier alpha value is -0.0231. The summed E-state index contributed by atoms with van der Waals surface area (Å²) in [4.78, 5) is 0. The highest BCUT2D eigenvalue weighted by molar-refractivity contribution is 6.60. The Labute approximate surface area is 168 Å². The van der Waals surface area contributed by atoms with Gasteiger partial charge >= 0.3 is 8.80 Å². The Morgan fingerprint density at radius 3 is 1.41 bits per heavy atom. The zero-order chi connectivity index (χ0) is 20.1. The van der Waals surface area contributed by atoms with Crippen LogP contribution in [0.25, 0.3) is 0 Å². The molecule has 0 aromatic carbocycles. The second-order valence-corrected chi connectivity index (χ2v) is 9.89. The lowest BCUT2D eigenvalue weighted by Crippen LogP contribution is -2.42. The predicted octanol–water partition coefficient (Wildman–Crippen LogP) is 4.45. The topological polar surface area (TPSA) is 55.4 Å². The molecule has 6 nitrogen and oxygen atoms in total. The van der Waals surface area contributed by atoms with Crippen molar-refractivity contribution in [2.24, 2.45) is 0 Å². The summed E-state index contributed by atoms with van der Waals surface area (Å²) in [5, 5.41) is 0. The fourth-order valence-corrected chi connectivity index (χ4v) is 4.74. The monoisotopic (exact) mass is 408 g/mol. The minimum atomic E-state index is -2.35. The average Bonchev–Trinajstić information content (AvgIpc) is 2.70. The molecule has 0 aromatic heterocycles. The van der Waals surface area contributed by atoms with E-state index in [1.54, 1.807) is 28.4 Å². The molecule has 0 spiro atoms. The summed E-state index contributed by atoms with van der Waals surface area (Å²) in [5.74, 6) is 0. The van der Waals surface area contributed by atoms with E-state index in [4.69, 9.17) is 27.5 Å². The van der Waals surface area contributed by atoms with Crippen molar-refractivity contribution in [3.05, 3.63) is 0 Å². The lowest BCUT2D eigenvalue weighted by molar-refractivity contribution is 0.0508. The van der Waals surface area contributed by atoms with Crippen LogP contribution in [0.15, 0.2) is 0 Å². The van der Waals surface area contributed by atoms with E-state index in [0.29, 0.717) is 13.2 Å². The summed E-state index contributed by atoms with van der Waals surface area (Å²) in [7, 11) is 4.39. The number of ether oxygens (including phenoxy) is 3. The van der Waals surface area contributed by atoms with Crippen molar-refractivity contribution in [1.82, 2.24) is 0 Å². The van der Waals surface area contributed by atoms with Crippen molar-refractivity contribution in [1.29, 1.82) is 0 Å². The Balaban J connectivity index is 3.19. The molecule has 0 saturated heterocycles. The Morgan fingerprint density at radius 2 is 0.889 bits per heavy atom. The molecule has 0 N–H and O–H groups in total. The summed E-state index contributed by atoms with van der Waals surface area (Å²) < 4.78 is 32.3. The first-order valence-corrected chi connectivity index (χ1v) is 12.5. The van der Waals surface area contributed by atoms with Crippen molar-refractivity contribution < 1.29 is 27.5 Å². The van der Waals surface area contributed by atoms with Gasteiger partial charge in [0.15, 0.2) is 0 Å². The molecule has 0 atom stereocenters. The normalized spacial score (nSPS) is 12.0. The van der Waals surface area contributed by atoms with Crippen molar-refractivity contribution in [3.63, 3.8) is 0 Å². The van der Waals surface area contributed by atoms with E-state index in [1.807, 2.05) is 0 Å². The molecule has 0 aliphatic carbocycles. The summed E-state index contributed by atoms with van der Waals surface area (Å²) in [5.41, 5.74) is 0. The lowest BCUT2D eigenvalue weighted by Gasteiger charge is -2.24. The standard InChI is InChI=1S/C20H44O6Si/c1-21-18-19-26-17-14-16-25-15-12-10-8-6-5-7-9-11-13-20-27(22-2,23-3)24-4/h5-20H2,1-4H3. The predicted molar refractivity (Wildman–Crippen MR) is 111 cm³/mol. The largest absolute Gasteiger partial charge is 0.500 e. The van der Waals surface area contributed by atoms with Crippen molar-refractivity contribution in [2.75, 3.05) is 61.5 Å². The van der Waals surface area contributed by atoms with Crippen LogP contribution >= 0.6 is 0 Å². The van der Waals surface area contributed by atoms with Crippen LogP contribution in [0.5, 0.6) is 0 Å². The van der Waals surface area contributed by atoms with Crippen LogP contribution in [-0.2, 0) is 27.5 Å². The quantitative estimate of drug-likeness (QED) is 0.195. The summed E-state index contributed by atoms with van der Waals surface area (Å²) >= 11 is 0. The maximum absolute atomic E-state index is 5.63. The number of rotatable bonds is 22. The molecular formula is C20H44O6Si. The van der Waals surface area contributed by atoms with E-state index in [9.17, 15) is 0 Å². The molecule has 0 aliphatic heterocycles. The molecule has 0 radical (unpaired) electrons. The van der Waals surface area contributed by atoms with Gasteiger partial charge in [0.1, 0.15) is 0 Å². The second-order valence-electron chi connectivity index (χ2n) is 6.80. The molecule has 0 aliphatic rings. The number of methoxy groups -OCH3 is 1. The Morgan fingerprint density at radius 1 is 0.444 bits per heavy atom. The third-order valence-electron chi connectivity index (χ3n) is 4.71. The highest BCUT2D eigenvalue weighted by atomic mass is 28.4. The molecule has 0 bridgehead atoms. The molecular weight excluding hydrogens is 364 g/mol. The van der Waals surface area contributed by atoms with Gasteiger partial charge in [0.25, 0.3) is 0 Å². The first kappa shape index (κ1) is 27.0. The molecule has 0 saturated carbocycles. The fraction of sp³-hybridized carbons (Fsp3) is 1.00. The minimum Gasteiger partial charge on any atom is -0.382 e. The fourth-order valence-electron chi connectivity index (χ4n) is 2.95. The van der Waals surface area contributed by atoms with Crippen LogP contribution in [0.4, 0.5) is 0 Å². The number of hydrogen-bond donors (Lipinski definition) is 0. The third kappa shape index (κ3) is 16.6. The van der Waals surface area contributed by atoms with Gasteiger partial charge in [-0.2, -0.15) is 0 Å². The highest BCUT2D eigenvalue weighted by Gasteiger charge is 2.36. The van der Waals surface area contributed by atoms with E-state index in [2.05, 4.69) is 0 Å². The summed E-state index contributed by atoms with van der Waals surface area (Å²) in [6, 6.07) is 0.912. The molecule has 0 rings (SSSR count). The van der Waals surface area contributed by atoms with Gasteiger partial charge in [-0.3, -0.25) is 0 Å². The van der Waals surface area contributed by atoms with Crippen LogP contribution in [0, 0.1) is 0 Å². The van der Waals surface area contributed by atoms with E-state index in [1.165, 1.54) is 51.4 Å². The first-order valence-electron chi connectivity index (χ1n) is 10.5. The first-order chi connectivity index (χ1) is 13.2. The molecule has 0 fully saturated rings. The molecule has 164 valence electrons. The van der Waals surface area contributed by atoms with Crippen LogP contribution in [0.3, 0.4) is 0 Å². The van der Waals surface area contributed by atoms with E-state index in [0.717, 1.165) is 38.7 Å². The van der Waals surface area contributed by atoms with Gasteiger partial charge in [0.2, 0.25) is 0 Å². The van der Waals surface area contributed by atoms with Crippen molar-refractivity contribution in [3.8, 4) is 0 Å². The van der Waals surface area contributed by atoms with Gasteiger partial charge in [-0.05, 0) is 19.3 Å². The van der Waals surface area contributed by atoms with Gasteiger partial charge in [-0.15, -0.1) is 0 Å². The molecule has 0 aromatic rings. The lowest BCUT2D eigenvalue weighted by atomic mass is 10.1. The molecule has 7 heteroatoms. The Bertz CT molecular complexity index is 281. The van der Waals surface area contributed by atoms with Gasteiger partial charge in [0.05, 0.1) is 13.2 Å². The molecule has 27 heavy (non-hydrogen) atoms. The number of hydrogen-bond acceptors (Lipinski definition) is 6. The van der Waals surface area contributed by atoms with Crippen molar-refractivity contribution in [2.45, 2.75) is 70.3 Å².